The summed E-state index contributed by atoms with van der Waals surface area (Å²) in [5.74, 6) is 1.37. The van der Waals surface area contributed by atoms with Gasteiger partial charge in [0.1, 0.15) is 12.2 Å². The third-order valence-corrected chi connectivity index (χ3v) is 2.48. The molecule has 0 bridgehead atoms. The molecule has 0 radical (unpaired) electrons. The Bertz CT molecular complexity index is 329. The van der Waals surface area contributed by atoms with E-state index in [0.29, 0.717) is 24.6 Å². The van der Waals surface area contributed by atoms with E-state index < -0.39 is 6.10 Å². The molecule has 4 nitrogen and oxygen atoms in total. The van der Waals surface area contributed by atoms with Crippen molar-refractivity contribution in [3.8, 4) is 11.5 Å². The minimum absolute atomic E-state index is 0.193. The molecule has 1 aromatic rings. The smallest absolute Gasteiger partial charge is 0.161 e. The summed E-state index contributed by atoms with van der Waals surface area (Å²) in [6.07, 6.45) is -0.642. The molecule has 0 aliphatic carbocycles. The zero-order valence-corrected chi connectivity index (χ0v) is 8.64. The molecule has 0 unspecified atom stereocenters. The Morgan fingerprint density at radius 2 is 2.00 bits per heavy atom. The first-order valence-corrected chi connectivity index (χ1v) is 4.99. The lowest BCUT2D eigenvalue weighted by Crippen LogP contribution is -2.29. The lowest BCUT2D eigenvalue weighted by atomic mass is 10.2. The van der Waals surface area contributed by atoms with Crippen molar-refractivity contribution in [2.45, 2.75) is 12.2 Å². The van der Waals surface area contributed by atoms with Crippen molar-refractivity contribution in [3.05, 3.63) is 24.3 Å². The fraction of sp³-hybridized carbons (Fsp3) is 0.455. The van der Waals surface area contributed by atoms with Crippen LogP contribution in [0.2, 0.25) is 0 Å². The molecule has 0 aromatic heterocycles. The third kappa shape index (κ3) is 2.22. The van der Waals surface area contributed by atoms with Crippen molar-refractivity contribution in [1.82, 2.24) is 5.32 Å². The Hall–Kier alpha value is -1.26. The molecular weight excluding hydrogens is 194 g/mol. The van der Waals surface area contributed by atoms with Gasteiger partial charge in [-0.25, -0.2) is 0 Å². The highest BCUT2D eigenvalue weighted by molar-refractivity contribution is 5.39. The van der Waals surface area contributed by atoms with E-state index in [0.717, 1.165) is 0 Å². The lowest BCUT2D eigenvalue weighted by molar-refractivity contribution is 0.0718. The summed E-state index contributed by atoms with van der Waals surface area (Å²) in [4.78, 5) is 0. The number of ether oxygens (including phenoxy) is 2. The zero-order valence-electron chi connectivity index (χ0n) is 8.64. The number of para-hydroxylation sites is 2. The number of benzene rings is 1. The molecule has 15 heavy (non-hydrogen) atoms. The summed E-state index contributed by atoms with van der Waals surface area (Å²) < 4.78 is 10.8. The van der Waals surface area contributed by atoms with Crippen molar-refractivity contribution >= 4 is 0 Å². The number of aliphatic hydroxyl groups excluding tert-OH is 1. The first-order valence-electron chi connectivity index (χ1n) is 4.99. The standard InChI is InChI=1S/C11H15NO3/c1-14-9-4-2-3-5-10(9)15-11-7-12-6-8(11)13/h2-5,8,11-13H,6-7H2,1H3/t8-,11-/m0/s1. The van der Waals surface area contributed by atoms with Crippen LogP contribution < -0.4 is 14.8 Å². The van der Waals surface area contributed by atoms with E-state index in [2.05, 4.69) is 5.32 Å². The summed E-state index contributed by atoms with van der Waals surface area (Å²) in [5.41, 5.74) is 0. The number of β-amino-alcohol motifs (C(OH)–C–C–N with tert-alkyl or cyclic N) is 1. The topological polar surface area (TPSA) is 50.7 Å². The average Bonchev–Trinajstić information content (AvgIpc) is 2.65. The molecule has 82 valence electrons. The molecule has 0 saturated carbocycles. The molecule has 1 aromatic carbocycles. The van der Waals surface area contributed by atoms with E-state index >= 15 is 0 Å². The second kappa shape index (κ2) is 4.51. The number of aliphatic hydroxyl groups is 1. The van der Waals surface area contributed by atoms with Gasteiger partial charge in [-0.15, -0.1) is 0 Å². The number of hydrogen-bond acceptors (Lipinski definition) is 4. The molecule has 1 saturated heterocycles. The Morgan fingerprint density at radius 1 is 1.27 bits per heavy atom. The van der Waals surface area contributed by atoms with Crippen LogP contribution in [0.3, 0.4) is 0 Å². The minimum atomic E-state index is -0.449. The van der Waals surface area contributed by atoms with E-state index in [1.54, 1.807) is 7.11 Å². The monoisotopic (exact) mass is 209 g/mol. The molecule has 4 heteroatoms. The highest BCUT2D eigenvalue weighted by Crippen LogP contribution is 2.27. The van der Waals surface area contributed by atoms with Gasteiger partial charge in [-0.05, 0) is 12.1 Å². The van der Waals surface area contributed by atoms with Crippen molar-refractivity contribution in [2.75, 3.05) is 20.2 Å². The normalized spacial score (nSPS) is 25.2. The Labute approximate surface area is 88.8 Å². The fourth-order valence-corrected chi connectivity index (χ4v) is 1.64. The maximum atomic E-state index is 9.59. The van der Waals surface area contributed by atoms with E-state index in [9.17, 15) is 5.11 Å². The van der Waals surface area contributed by atoms with E-state index in [-0.39, 0.29) is 6.10 Å². The highest BCUT2D eigenvalue weighted by atomic mass is 16.5. The van der Waals surface area contributed by atoms with Gasteiger partial charge in [0.05, 0.1) is 7.11 Å². The Morgan fingerprint density at radius 3 is 2.60 bits per heavy atom. The largest absolute Gasteiger partial charge is 0.493 e. The van der Waals surface area contributed by atoms with Crippen molar-refractivity contribution in [1.29, 1.82) is 0 Å². The summed E-state index contributed by atoms with van der Waals surface area (Å²) in [6.45, 7) is 1.25. The van der Waals surface area contributed by atoms with Gasteiger partial charge in [0.15, 0.2) is 11.5 Å². The quantitative estimate of drug-likeness (QED) is 0.757. The molecule has 2 rings (SSSR count). The van der Waals surface area contributed by atoms with Gasteiger partial charge in [0.2, 0.25) is 0 Å². The number of hydrogen-bond donors (Lipinski definition) is 2. The predicted octanol–water partition coefficient (Wildman–Crippen LogP) is 0.407. The van der Waals surface area contributed by atoms with E-state index in [1.807, 2.05) is 24.3 Å². The molecule has 1 heterocycles. The Balaban J connectivity index is 2.09. The van der Waals surface area contributed by atoms with Gasteiger partial charge in [-0.1, -0.05) is 12.1 Å². The van der Waals surface area contributed by atoms with Crippen molar-refractivity contribution < 1.29 is 14.6 Å². The molecule has 1 aliphatic heterocycles. The first-order chi connectivity index (χ1) is 7.31. The van der Waals surface area contributed by atoms with Gasteiger partial charge in [0.25, 0.3) is 0 Å². The second-order valence-electron chi connectivity index (χ2n) is 3.53. The zero-order chi connectivity index (χ0) is 10.7. The second-order valence-corrected chi connectivity index (χ2v) is 3.53. The van der Waals surface area contributed by atoms with Crippen LogP contribution in [0.5, 0.6) is 11.5 Å². The third-order valence-electron chi connectivity index (χ3n) is 2.48. The summed E-state index contributed by atoms with van der Waals surface area (Å²) in [5, 5.41) is 12.6. The van der Waals surface area contributed by atoms with Gasteiger partial charge in [-0.3, -0.25) is 0 Å². The average molecular weight is 209 g/mol. The molecule has 1 aliphatic rings. The van der Waals surface area contributed by atoms with E-state index in [4.69, 9.17) is 9.47 Å². The fourth-order valence-electron chi connectivity index (χ4n) is 1.64. The van der Waals surface area contributed by atoms with Crippen LogP contribution in [0.1, 0.15) is 0 Å². The molecule has 1 fully saturated rings. The van der Waals surface area contributed by atoms with Gasteiger partial charge < -0.3 is 19.9 Å². The van der Waals surface area contributed by atoms with Crippen LogP contribution >= 0.6 is 0 Å². The first kappa shape index (κ1) is 10.3. The van der Waals surface area contributed by atoms with Gasteiger partial charge >= 0.3 is 0 Å². The van der Waals surface area contributed by atoms with Crippen molar-refractivity contribution in [3.63, 3.8) is 0 Å². The lowest BCUT2D eigenvalue weighted by Gasteiger charge is -2.17. The van der Waals surface area contributed by atoms with Gasteiger partial charge in [0, 0.05) is 13.1 Å². The SMILES string of the molecule is COc1ccccc1O[C@H]1CNC[C@@H]1O. The summed E-state index contributed by atoms with van der Waals surface area (Å²) >= 11 is 0. The van der Waals surface area contributed by atoms with Crippen molar-refractivity contribution in [2.24, 2.45) is 0 Å². The van der Waals surface area contributed by atoms with Crippen LogP contribution in [0, 0.1) is 0 Å². The minimum Gasteiger partial charge on any atom is -0.493 e. The summed E-state index contributed by atoms with van der Waals surface area (Å²) in [7, 11) is 1.60. The Kier molecular flexibility index (Phi) is 3.08. The number of rotatable bonds is 3. The maximum Gasteiger partial charge on any atom is 0.161 e. The molecule has 2 N–H and O–H groups in total. The van der Waals surface area contributed by atoms with Crippen LogP contribution in [0.4, 0.5) is 0 Å². The number of methoxy groups -OCH3 is 1. The van der Waals surface area contributed by atoms with Crippen LogP contribution in [-0.2, 0) is 0 Å². The molecule has 2 atom stereocenters. The molecule has 0 amide bonds. The van der Waals surface area contributed by atoms with Crippen LogP contribution in [0.15, 0.2) is 24.3 Å². The van der Waals surface area contributed by atoms with E-state index in [1.165, 1.54) is 0 Å². The van der Waals surface area contributed by atoms with Gasteiger partial charge in [-0.2, -0.15) is 0 Å². The number of nitrogens with one attached hydrogen (secondary N) is 1. The van der Waals surface area contributed by atoms with Crippen LogP contribution in [-0.4, -0.2) is 37.5 Å². The van der Waals surface area contributed by atoms with Crippen LogP contribution in [0.25, 0.3) is 0 Å². The predicted molar refractivity (Wildman–Crippen MR) is 56.3 cm³/mol. The maximum absolute atomic E-state index is 9.59. The molecular formula is C11H15NO3. The molecule has 0 spiro atoms. The highest BCUT2D eigenvalue weighted by Gasteiger charge is 2.27. The summed E-state index contributed by atoms with van der Waals surface area (Å²) in [6, 6.07) is 7.44.